The Balaban J connectivity index is 2.00. The Morgan fingerprint density at radius 2 is 2.29 bits per heavy atom. The van der Waals surface area contributed by atoms with Gasteiger partial charge in [-0.3, -0.25) is 9.36 Å². The Hall–Kier alpha value is -1.24. The van der Waals surface area contributed by atoms with Crippen molar-refractivity contribution in [2.75, 3.05) is 24.2 Å². The second-order valence-corrected chi connectivity index (χ2v) is 5.29. The second-order valence-electron chi connectivity index (χ2n) is 4.35. The van der Waals surface area contributed by atoms with Gasteiger partial charge in [0.15, 0.2) is 5.16 Å². The van der Waals surface area contributed by atoms with Crippen molar-refractivity contribution in [1.29, 1.82) is 0 Å². The highest BCUT2D eigenvalue weighted by molar-refractivity contribution is 7.99. The number of aromatic nitrogens is 3. The van der Waals surface area contributed by atoms with Gasteiger partial charge in [-0.05, 0) is 18.8 Å². The predicted molar refractivity (Wildman–Crippen MR) is 65.4 cm³/mol. The fourth-order valence-corrected chi connectivity index (χ4v) is 2.29. The first-order valence-electron chi connectivity index (χ1n) is 5.53. The van der Waals surface area contributed by atoms with Gasteiger partial charge in [0.05, 0.1) is 5.75 Å². The van der Waals surface area contributed by atoms with Crippen molar-refractivity contribution in [2.45, 2.75) is 18.0 Å². The molecule has 1 fully saturated rings. The van der Waals surface area contributed by atoms with Crippen LogP contribution in [0.3, 0.4) is 0 Å². The molecule has 1 heterocycles. The third kappa shape index (κ3) is 3.12. The van der Waals surface area contributed by atoms with Gasteiger partial charge in [0, 0.05) is 20.6 Å². The van der Waals surface area contributed by atoms with E-state index in [1.807, 2.05) is 18.7 Å². The Bertz CT molecular complexity index is 416. The van der Waals surface area contributed by atoms with Gasteiger partial charge in [-0.15, -0.1) is 10.2 Å². The Kier molecular flexibility index (Phi) is 3.56. The quantitative estimate of drug-likeness (QED) is 0.760. The maximum absolute atomic E-state index is 10.5. The molecule has 2 rings (SSSR count). The maximum atomic E-state index is 10.5. The highest BCUT2D eigenvalue weighted by Gasteiger charge is 2.25. The molecule has 7 heteroatoms. The number of rotatable bonds is 6. The largest absolute Gasteiger partial charge is 0.481 e. The van der Waals surface area contributed by atoms with Crippen molar-refractivity contribution in [1.82, 2.24) is 14.8 Å². The summed E-state index contributed by atoms with van der Waals surface area (Å²) in [5, 5.41) is 17.4. The molecule has 1 aromatic heterocycles. The number of anilines is 1. The lowest BCUT2D eigenvalue weighted by molar-refractivity contribution is -0.133. The van der Waals surface area contributed by atoms with Gasteiger partial charge < -0.3 is 10.0 Å². The normalized spacial score (nSPS) is 14.9. The van der Waals surface area contributed by atoms with E-state index in [4.69, 9.17) is 5.11 Å². The molecule has 0 amide bonds. The SMILES string of the molecule is CN(CC1CC1)c1nnc(SCC(=O)O)n1C. The van der Waals surface area contributed by atoms with Gasteiger partial charge >= 0.3 is 5.97 Å². The van der Waals surface area contributed by atoms with Crippen molar-refractivity contribution in [3.63, 3.8) is 0 Å². The molecule has 1 saturated carbocycles. The number of hydrogen-bond acceptors (Lipinski definition) is 5. The van der Waals surface area contributed by atoms with Gasteiger partial charge in [-0.25, -0.2) is 0 Å². The molecule has 94 valence electrons. The minimum absolute atomic E-state index is 0.0122. The zero-order chi connectivity index (χ0) is 12.4. The highest BCUT2D eigenvalue weighted by Crippen LogP contribution is 2.30. The fourth-order valence-electron chi connectivity index (χ4n) is 1.66. The fraction of sp³-hybridized carbons (Fsp3) is 0.700. The molecule has 0 radical (unpaired) electrons. The van der Waals surface area contributed by atoms with Gasteiger partial charge in [0.1, 0.15) is 0 Å². The Morgan fingerprint density at radius 3 is 2.88 bits per heavy atom. The number of hydrogen-bond donors (Lipinski definition) is 1. The average molecular weight is 256 g/mol. The van der Waals surface area contributed by atoms with Gasteiger partial charge in [0.2, 0.25) is 5.95 Å². The molecular weight excluding hydrogens is 240 g/mol. The molecule has 1 aliphatic rings. The van der Waals surface area contributed by atoms with Gasteiger partial charge in [-0.1, -0.05) is 11.8 Å². The van der Waals surface area contributed by atoms with Crippen LogP contribution in [0.5, 0.6) is 0 Å². The van der Waals surface area contributed by atoms with Gasteiger partial charge in [-0.2, -0.15) is 0 Å². The van der Waals surface area contributed by atoms with Crippen molar-refractivity contribution in [2.24, 2.45) is 13.0 Å². The van der Waals surface area contributed by atoms with Crippen LogP contribution in [0.15, 0.2) is 5.16 Å². The third-order valence-electron chi connectivity index (χ3n) is 2.71. The van der Waals surface area contributed by atoms with Crippen LogP contribution >= 0.6 is 11.8 Å². The van der Waals surface area contributed by atoms with Crippen LogP contribution in [-0.4, -0.2) is 45.2 Å². The number of carboxylic acid groups (broad SMARTS) is 1. The summed E-state index contributed by atoms with van der Waals surface area (Å²) >= 11 is 1.19. The summed E-state index contributed by atoms with van der Waals surface area (Å²) < 4.78 is 1.84. The molecule has 1 aromatic rings. The lowest BCUT2D eigenvalue weighted by Crippen LogP contribution is -2.23. The molecule has 0 spiro atoms. The smallest absolute Gasteiger partial charge is 0.313 e. The summed E-state index contributed by atoms with van der Waals surface area (Å²) in [6, 6.07) is 0. The van der Waals surface area contributed by atoms with E-state index in [-0.39, 0.29) is 5.75 Å². The van der Waals surface area contributed by atoms with Crippen LogP contribution in [0.1, 0.15) is 12.8 Å². The molecular formula is C10H16N4O2S. The first kappa shape index (κ1) is 12.2. The van der Waals surface area contributed by atoms with E-state index < -0.39 is 5.97 Å². The van der Waals surface area contributed by atoms with E-state index in [1.165, 1.54) is 24.6 Å². The first-order valence-corrected chi connectivity index (χ1v) is 6.51. The first-order chi connectivity index (χ1) is 8.08. The standard InChI is InChI=1S/C10H16N4O2S/c1-13(5-7-3-4-7)9-11-12-10(14(9)2)17-6-8(15)16/h7H,3-6H2,1-2H3,(H,15,16). The number of nitrogens with zero attached hydrogens (tertiary/aromatic N) is 4. The minimum atomic E-state index is -0.842. The van der Waals surface area contributed by atoms with Crippen LogP contribution < -0.4 is 4.90 Å². The molecule has 0 bridgehead atoms. The summed E-state index contributed by atoms with van der Waals surface area (Å²) in [4.78, 5) is 12.6. The summed E-state index contributed by atoms with van der Waals surface area (Å²) in [5.41, 5.74) is 0. The van der Waals surface area contributed by atoms with Crippen molar-refractivity contribution < 1.29 is 9.90 Å². The van der Waals surface area contributed by atoms with Crippen LogP contribution in [0, 0.1) is 5.92 Å². The summed E-state index contributed by atoms with van der Waals surface area (Å²) in [7, 11) is 3.86. The van der Waals surface area contributed by atoms with Crippen LogP contribution in [0.25, 0.3) is 0 Å². The average Bonchev–Trinajstić information content (AvgIpc) is 2.98. The van der Waals surface area contributed by atoms with Crippen molar-refractivity contribution in [3.8, 4) is 0 Å². The third-order valence-corrected chi connectivity index (χ3v) is 3.71. The van der Waals surface area contributed by atoms with Crippen molar-refractivity contribution in [3.05, 3.63) is 0 Å². The molecule has 0 saturated heterocycles. The number of carbonyl (C=O) groups is 1. The molecule has 0 aliphatic heterocycles. The summed E-state index contributed by atoms with van der Waals surface area (Å²) in [5.74, 6) is 0.751. The van der Waals surface area contributed by atoms with E-state index in [2.05, 4.69) is 15.1 Å². The topological polar surface area (TPSA) is 71.2 Å². The minimum Gasteiger partial charge on any atom is -0.481 e. The van der Waals surface area contributed by atoms with Crippen LogP contribution in [0.2, 0.25) is 0 Å². The van der Waals surface area contributed by atoms with Crippen molar-refractivity contribution >= 4 is 23.7 Å². The predicted octanol–water partition coefficient (Wildman–Crippen LogP) is 0.838. The number of carboxylic acids is 1. The molecule has 1 aliphatic carbocycles. The van der Waals surface area contributed by atoms with E-state index >= 15 is 0 Å². The Morgan fingerprint density at radius 1 is 1.59 bits per heavy atom. The van der Waals surface area contributed by atoms with Crippen LogP contribution in [0.4, 0.5) is 5.95 Å². The van der Waals surface area contributed by atoms with E-state index in [0.717, 1.165) is 18.4 Å². The zero-order valence-electron chi connectivity index (χ0n) is 9.96. The lowest BCUT2D eigenvalue weighted by Gasteiger charge is -2.16. The summed E-state index contributed by atoms with van der Waals surface area (Å²) in [6.45, 7) is 0.996. The lowest BCUT2D eigenvalue weighted by atomic mass is 10.4. The molecule has 0 atom stereocenters. The molecule has 6 nitrogen and oxygen atoms in total. The molecule has 1 N–H and O–H groups in total. The van der Waals surface area contributed by atoms with E-state index in [0.29, 0.717) is 5.16 Å². The summed E-state index contributed by atoms with van der Waals surface area (Å²) in [6.07, 6.45) is 2.59. The van der Waals surface area contributed by atoms with E-state index in [9.17, 15) is 4.79 Å². The van der Waals surface area contributed by atoms with Gasteiger partial charge in [0.25, 0.3) is 0 Å². The zero-order valence-corrected chi connectivity index (χ0v) is 10.8. The monoisotopic (exact) mass is 256 g/mol. The number of aliphatic carboxylic acids is 1. The number of thioether (sulfide) groups is 1. The molecule has 0 aromatic carbocycles. The van der Waals surface area contributed by atoms with Crippen LogP contribution in [-0.2, 0) is 11.8 Å². The Labute approximate surface area is 104 Å². The second kappa shape index (κ2) is 4.95. The highest BCUT2D eigenvalue weighted by atomic mass is 32.2. The van der Waals surface area contributed by atoms with E-state index in [1.54, 1.807) is 0 Å². The molecule has 17 heavy (non-hydrogen) atoms. The maximum Gasteiger partial charge on any atom is 0.313 e. The molecule has 0 unspecified atom stereocenters.